The fourth-order valence-electron chi connectivity index (χ4n) is 0.457. The van der Waals surface area contributed by atoms with Crippen LogP contribution in [0.15, 0.2) is 12.2 Å². The standard InChI is InChI=1S/C5H10N2O5S.K.H/c1-4(2)5(8)7(3)12-13(9,10)11-6;;/h1,6H2,2-3H3;;/q;+1;-1. The van der Waals surface area contributed by atoms with Gasteiger partial charge < -0.3 is 1.43 Å². The van der Waals surface area contributed by atoms with Crippen molar-refractivity contribution in [2.45, 2.75) is 6.92 Å². The molecule has 0 aliphatic rings. The second-order valence-electron chi connectivity index (χ2n) is 2.16. The first kappa shape index (κ1) is 17.1. The van der Waals surface area contributed by atoms with E-state index >= 15 is 0 Å². The van der Waals surface area contributed by atoms with Gasteiger partial charge in [0, 0.05) is 12.6 Å². The van der Waals surface area contributed by atoms with Crippen LogP contribution < -0.4 is 57.3 Å². The van der Waals surface area contributed by atoms with E-state index in [1.807, 2.05) is 0 Å². The second kappa shape index (κ2) is 7.03. The summed E-state index contributed by atoms with van der Waals surface area (Å²) in [7, 11) is -3.26. The third-order valence-corrected chi connectivity index (χ3v) is 1.61. The van der Waals surface area contributed by atoms with E-state index in [4.69, 9.17) is 0 Å². The number of amides is 1. The van der Waals surface area contributed by atoms with Crippen LogP contribution in [0.5, 0.6) is 0 Å². The van der Waals surface area contributed by atoms with Gasteiger partial charge in [0.1, 0.15) is 0 Å². The quantitative estimate of drug-likeness (QED) is 0.312. The summed E-state index contributed by atoms with van der Waals surface area (Å²) in [4.78, 5) is 11.0. The fourth-order valence-corrected chi connectivity index (χ4v) is 0.834. The van der Waals surface area contributed by atoms with Crippen LogP contribution in [0.4, 0.5) is 0 Å². The van der Waals surface area contributed by atoms with Gasteiger partial charge in [-0.2, -0.15) is 18.6 Å². The van der Waals surface area contributed by atoms with Gasteiger partial charge in [0.15, 0.2) is 0 Å². The van der Waals surface area contributed by atoms with Crippen molar-refractivity contribution >= 4 is 16.3 Å². The summed E-state index contributed by atoms with van der Waals surface area (Å²) < 4.78 is 28.6. The smallest absolute Gasteiger partial charge is 1.00 e. The molecule has 0 rings (SSSR count). The fraction of sp³-hybridized carbons (Fsp3) is 0.400. The van der Waals surface area contributed by atoms with E-state index in [9.17, 15) is 13.2 Å². The number of likely N-dealkylation sites (N-methyl/N-ethyl adjacent to an activating group) is 1. The third-order valence-electron chi connectivity index (χ3n) is 0.972. The number of hydroxylamine groups is 2. The molecule has 0 aromatic rings. The van der Waals surface area contributed by atoms with Gasteiger partial charge in [-0.15, -0.1) is 4.28 Å². The minimum atomic E-state index is -4.36. The maximum absolute atomic E-state index is 11.0. The number of rotatable bonds is 4. The van der Waals surface area contributed by atoms with E-state index < -0.39 is 16.3 Å². The maximum Gasteiger partial charge on any atom is 1.00 e. The molecule has 0 heterocycles. The Labute approximate surface area is 126 Å². The monoisotopic (exact) mass is 250 g/mol. The van der Waals surface area contributed by atoms with Gasteiger partial charge in [-0.05, 0) is 6.92 Å². The Hall–Kier alpha value is 0.676. The van der Waals surface area contributed by atoms with E-state index in [1.165, 1.54) is 6.92 Å². The van der Waals surface area contributed by atoms with Crippen LogP contribution in [0, 0.1) is 0 Å². The van der Waals surface area contributed by atoms with Crippen molar-refractivity contribution in [1.82, 2.24) is 5.06 Å². The molecule has 0 saturated heterocycles. The van der Waals surface area contributed by atoms with Gasteiger partial charge in [0.25, 0.3) is 5.91 Å². The molecule has 7 nitrogen and oxygen atoms in total. The first-order valence-corrected chi connectivity index (χ1v) is 4.40. The largest absolute Gasteiger partial charge is 1.00 e. The van der Waals surface area contributed by atoms with Crippen LogP contribution in [0.3, 0.4) is 0 Å². The maximum atomic E-state index is 11.0. The summed E-state index contributed by atoms with van der Waals surface area (Å²) in [6.07, 6.45) is 0. The molecule has 0 aromatic heterocycles. The zero-order valence-corrected chi connectivity index (χ0v) is 12.1. The van der Waals surface area contributed by atoms with Crippen molar-refractivity contribution in [3.05, 3.63) is 12.2 Å². The molecular formula is C5H11KN2O5S. The van der Waals surface area contributed by atoms with Crippen molar-refractivity contribution in [3.8, 4) is 0 Å². The Balaban J connectivity index is -0.000000720. The molecule has 0 aliphatic heterocycles. The third kappa shape index (κ3) is 6.21. The zero-order chi connectivity index (χ0) is 10.6. The first-order valence-electron chi connectivity index (χ1n) is 3.06. The normalized spacial score (nSPS) is 10.2. The van der Waals surface area contributed by atoms with Crippen LogP contribution in [0.1, 0.15) is 8.35 Å². The van der Waals surface area contributed by atoms with E-state index in [1.54, 1.807) is 0 Å². The molecule has 0 bridgehead atoms. The van der Waals surface area contributed by atoms with Gasteiger partial charge in [-0.3, -0.25) is 4.79 Å². The predicted octanol–water partition coefficient (Wildman–Crippen LogP) is -3.80. The summed E-state index contributed by atoms with van der Waals surface area (Å²) in [5, 5.41) is 0.449. The number of nitrogens with zero attached hydrogens (tertiary/aromatic N) is 1. The minimum Gasteiger partial charge on any atom is -1.00 e. The molecular weight excluding hydrogens is 239 g/mol. The Kier molecular flexibility index (Phi) is 8.58. The molecule has 0 saturated carbocycles. The van der Waals surface area contributed by atoms with Crippen molar-refractivity contribution in [2.24, 2.45) is 5.90 Å². The Morgan fingerprint density at radius 3 is 2.29 bits per heavy atom. The molecule has 0 aromatic carbocycles. The first-order chi connectivity index (χ1) is 5.80. The second-order valence-corrected chi connectivity index (χ2v) is 3.32. The van der Waals surface area contributed by atoms with E-state index in [2.05, 4.69) is 21.0 Å². The van der Waals surface area contributed by atoms with E-state index in [-0.39, 0.29) is 58.4 Å². The zero-order valence-electron chi connectivity index (χ0n) is 9.18. The van der Waals surface area contributed by atoms with Crippen LogP contribution in [-0.4, -0.2) is 26.4 Å². The Morgan fingerprint density at radius 1 is 1.57 bits per heavy atom. The molecule has 0 spiro atoms. The molecule has 0 radical (unpaired) electrons. The molecule has 14 heavy (non-hydrogen) atoms. The number of carbonyl (C=O) groups excluding carboxylic acids is 1. The molecule has 0 fully saturated rings. The topological polar surface area (TPSA) is 98.9 Å². The van der Waals surface area contributed by atoms with Crippen molar-refractivity contribution in [3.63, 3.8) is 0 Å². The number of carbonyl (C=O) groups is 1. The minimum absolute atomic E-state index is 0. The van der Waals surface area contributed by atoms with E-state index in [0.29, 0.717) is 5.06 Å². The van der Waals surface area contributed by atoms with Crippen LogP contribution in [0.2, 0.25) is 0 Å². The molecule has 0 unspecified atom stereocenters. The predicted molar refractivity (Wildman–Crippen MR) is 44.0 cm³/mol. The Bertz CT molecular complexity index is 319. The molecule has 0 atom stereocenters. The summed E-state index contributed by atoms with van der Waals surface area (Å²) in [6.45, 7) is 4.69. The van der Waals surface area contributed by atoms with Gasteiger partial charge in [-0.25, -0.2) is 5.06 Å². The summed E-state index contributed by atoms with van der Waals surface area (Å²) >= 11 is 0. The summed E-state index contributed by atoms with van der Waals surface area (Å²) in [6, 6.07) is 0. The number of hydrogen-bond acceptors (Lipinski definition) is 6. The average molecular weight is 250 g/mol. The number of hydrogen-bond donors (Lipinski definition) is 1. The molecule has 0 aliphatic carbocycles. The number of nitrogens with two attached hydrogens (primary N) is 1. The SMILES string of the molecule is C=C(C)C(=O)N(C)OS(=O)(=O)ON.[H-].[K+]. The van der Waals surface area contributed by atoms with Gasteiger partial charge in [0.05, 0.1) is 0 Å². The van der Waals surface area contributed by atoms with Crippen molar-refractivity contribution in [2.75, 3.05) is 7.05 Å². The summed E-state index contributed by atoms with van der Waals surface area (Å²) in [5.74, 6) is 3.66. The average Bonchev–Trinajstić information content (AvgIpc) is 2.02. The molecule has 2 N–H and O–H groups in total. The van der Waals surface area contributed by atoms with Gasteiger partial charge >= 0.3 is 61.8 Å². The van der Waals surface area contributed by atoms with Crippen LogP contribution >= 0.6 is 0 Å². The van der Waals surface area contributed by atoms with Crippen molar-refractivity contribution < 1.29 is 74.6 Å². The Morgan fingerprint density at radius 2 is 2.00 bits per heavy atom. The molecule has 1 amide bonds. The van der Waals surface area contributed by atoms with E-state index in [0.717, 1.165) is 7.05 Å². The van der Waals surface area contributed by atoms with Gasteiger partial charge in [0.2, 0.25) is 0 Å². The molecule has 9 heteroatoms. The summed E-state index contributed by atoms with van der Waals surface area (Å²) in [5.41, 5.74) is 0.120. The molecule has 78 valence electrons. The van der Waals surface area contributed by atoms with Gasteiger partial charge in [-0.1, -0.05) is 6.58 Å². The van der Waals surface area contributed by atoms with Crippen LogP contribution in [0.25, 0.3) is 0 Å². The van der Waals surface area contributed by atoms with Crippen molar-refractivity contribution in [1.29, 1.82) is 0 Å². The van der Waals surface area contributed by atoms with Crippen LogP contribution in [-0.2, 0) is 23.8 Å².